The van der Waals surface area contributed by atoms with E-state index in [0.717, 1.165) is 0 Å². The maximum absolute atomic E-state index is 12.1. The molecule has 8 heteroatoms. The first-order valence-electron chi connectivity index (χ1n) is 5.95. The topological polar surface area (TPSA) is 89.1 Å². The molecule has 2 heterocycles. The monoisotopic (exact) mass is 292 g/mol. The van der Waals surface area contributed by atoms with Crippen molar-refractivity contribution in [2.45, 2.75) is 17.3 Å². The highest BCUT2D eigenvalue weighted by atomic mass is 32.2. The van der Waals surface area contributed by atoms with Crippen LogP contribution in [0.25, 0.3) is 0 Å². The third kappa shape index (κ3) is 2.69. The number of hydrogen-bond donors (Lipinski definition) is 2. The van der Waals surface area contributed by atoms with Crippen molar-refractivity contribution in [1.82, 2.24) is 15.2 Å². The van der Waals surface area contributed by atoms with Gasteiger partial charge in [0.05, 0.1) is 5.25 Å². The van der Waals surface area contributed by atoms with Crippen LogP contribution in [0.5, 0.6) is 11.5 Å². The van der Waals surface area contributed by atoms with Gasteiger partial charge in [-0.05, 0) is 19.1 Å². The summed E-state index contributed by atoms with van der Waals surface area (Å²) in [5, 5.41) is 9.58. The predicted octanol–water partition coefficient (Wildman–Crippen LogP) is 1.65. The first kappa shape index (κ1) is 12.8. The van der Waals surface area contributed by atoms with E-state index in [1.807, 2.05) is 0 Å². The van der Waals surface area contributed by atoms with Gasteiger partial charge in [0.1, 0.15) is 6.33 Å². The van der Waals surface area contributed by atoms with Crippen LogP contribution in [0.2, 0.25) is 0 Å². The van der Waals surface area contributed by atoms with Crippen LogP contribution >= 0.6 is 11.8 Å². The maximum atomic E-state index is 12.1. The normalized spacial score (nSPS) is 14.1. The number of nitrogens with one attached hydrogen (secondary N) is 2. The molecule has 0 fully saturated rings. The Labute approximate surface area is 119 Å². The number of aromatic amines is 1. The van der Waals surface area contributed by atoms with E-state index < -0.39 is 0 Å². The van der Waals surface area contributed by atoms with Crippen molar-refractivity contribution in [3.63, 3.8) is 0 Å². The molecule has 2 aromatic rings. The Hall–Kier alpha value is -2.22. The predicted molar refractivity (Wildman–Crippen MR) is 72.9 cm³/mol. The van der Waals surface area contributed by atoms with Crippen LogP contribution in [0.3, 0.4) is 0 Å². The maximum Gasteiger partial charge on any atom is 0.237 e. The summed E-state index contributed by atoms with van der Waals surface area (Å²) in [6, 6.07) is 5.29. The molecule has 1 aromatic carbocycles. The molecule has 0 spiro atoms. The highest BCUT2D eigenvalue weighted by Crippen LogP contribution is 2.34. The van der Waals surface area contributed by atoms with Crippen LogP contribution in [0.15, 0.2) is 29.7 Å². The minimum Gasteiger partial charge on any atom is -0.454 e. The highest BCUT2D eigenvalue weighted by molar-refractivity contribution is 8.00. The molecule has 1 aliphatic heterocycles. The van der Waals surface area contributed by atoms with Gasteiger partial charge in [-0.3, -0.25) is 9.89 Å². The zero-order valence-electron chi connectivity index (χ0n) is 10.6. The van der Waals surface area contributed by atoms with E-state index in [1.54, 1.807) is 25.1 Å². The van der Waals surface area contributed by atoms with Gasteiger partial charge in [0.15, 0.2) is 16.7 Å². The molecule has 104 valence electrons. The number of nitrogens with zero attached hydrogens (tertiary/aromatic N) is 2. The van der Waals surface area contributed by atoms with Crippen molar-refractivity contribution in [3.05, 3.63) is 24.5 Å². The third-order valence-electron chi connectivity index (χ3n) is 2.69. The largest absolute Gasteiger partial charge is 0.454 e. The molecule has 0 saturated heterocycles. The van der Waals surface area contributed by atoms with Crippen LogP contribution in [-0.2, 0) is 4.79 Å². The van der Waals surface area contributed by atoms with E-state index >= 15 is 0 Å². The lowest BCUT2D eigenvalue weighted by Gasteiger charge is -2.10. The molecule has 0 aliphatic carbocycles. The Bertz CT molecular complexity index is 617. The molecule has 7 nitrogen and oxygen atoms in total. The fourth-order valence-corrected chi connectivity index (χ4v) is 2.40. The second kappa shape index (κ2) is 5.41. The van der Waals surface area contributed by atoms with Crippen LogP contribution < -0.4 is 14.8 Å². The van der Waals surface area contributed by atoms with Gasteiger partial charge in [-0.25, -0.2) is 4.98 Å². The minimum atomic E-state index is -0.298. The Morgan fingerprint density at radius 3 is 3.10 bits per heavy atom. The van der Waals surface area contributed by atoms with E-state index in [9.17, 15) is 4.79 Å². The van der Waals surface area contributed by atoms with Crippen molar-refractivity contribution in [2.75, 3.05) is 12.1 Å². The Balaban J connectivity index is 1.63. The lowest BCUT2D eigenvalue weighted by molar-refractivity contribution is -0.115. The summed E-state index contributed by atoms with van der Waals surface area (Å²) in [6.07, 6.45) is 1.41. The smallest absolute Gasteiger partial charge is 0.237 e. The molecule has 3 rings (SSSR count). The average molecular weight is 292 g/mol. The fraction of sp³-hybridized carbons (Fsp3) is 0.250. The number of fused-ring (bicyclic) bond motifs is 1. The van der Waals surface area contributed by atoms with E-state index in [-0.39, 0.29) is 18.0 Å². The van der Waals surface area contributed by atoms with Gasteiger partial charge in [0.2, 0.25) is 12.7 Å². The van der Waals surface area contributed by atoms with Crippen LogP contribution in [-0.4, -0.2) is 33.1 Å². The molecule has 0 radical (unpaired) electrons. The molecule has 0 unspecified atom stereocenters. The Kier molecular flexibility index (Phi) is 3.46. The number of hydrogen-bond acceptors (Lipinski definition) is 6. The summed E-state index contributed by atoms with van der Waals surface area (Å²) in [6.45, 7) is 2.01. The SMILES string of the molecule is C[C@H](Sc1ncn[nH]1)C(=O)Nc1ccc2c(c1)OCO2. The highest BCUT2D eigenvalue weighted by Gasteiger charge is 2.18. The zero-order valence-corrected chi connectivity index (χ0v) is 11.4. The van der Waals surface area contributed by atoms with Crippen molar-refractivity contribution in [1.29, 1.82) is 0 Å². The molecule has 1 aliphatic rings. The molecule has 2 N–H and O–H groups in total. The van der Waals surface area contributed by atoms with Crippen LogP contribution in [0.4, 0.5) is 5.69 Å². The summed E-state index contributed by atoms with van der Waals surface area (Å²) in [4.78, 5) is 16.0. The van der Waals surface area contributed by atoms with Gasteiger partial charge in [-0.1, -0.05) is 11.8 Å². The molecular formula is C12H12N4O3S. The summed E-state index contributed by atoms with van der Waals surface area (Å²) < 4.78 is 10.5. The number of rotatable bonds is 4. The first-order chi connectivity index (χ1) is 9.72. The standard InChI is InChI=1S/C12H12N4O3S/c1-7(20-12-13-5-14-16-12)11(17)15-8-2-3-9-10(4-8)19-6-18-9/h2-5,7H,6H2,1H3,(H,15,17)(H,13,14,16)/t7-/m0/s1. The number of carbonyl (C=O) groups is 1. The number of ether oxygens (including phenoxy) is 2. The molecular weight excluding hydrogens is 280 g/mol. The number of H-pyrrole nitrogens is 1. The lowest BCUT2D eigenvalue weighted by Crippen LogP contribution is -2.22. The number of benzene rings is 1. The van der Waals surface area contributed by atoms with Gasteiger partial charge >= 0.3 is 0 Å². The molecule has 0 bridgehead atoms. The lowest BCUT2D eigenvalue weighted by atomic mass is 10.2. The number of carbonyl (C=O) groups excluding carboxylic acids is 1. The summed E-state index contributed by atoms with van der Waals surface area (Å²) in [5.74, 6) is 1.20. The van der Waals surface area contributed by atoms with E-state index in [0.29, 0.717) is 22.3 Å². The Morgan fingerprint density at radius 1 is 1.45 bits per heavy atom. The second-order valence-corrected chi connectivity index (χ2v) is 5.44. The molecule has 1 amide bonds. The number of aromatic nitrogens is 3. The Morgan fingerprint density at radius 2 is 2.30 bits per heavy atom. The van der Waals surface area contributed by atoms with Crippen LogP contribution in [0.1, 0.15) is 6.92 Å². The summed E-state index contributed by atoms with van der Waals surface area (Å²) >= 11 is 1.31. The minimum absolute atomic E-state index is 0.120. The number of thioether (sulfide) groups is 1. The van der Waals surface area contributed by atoms with Crippen molar-refractivity contribution < 1.29 is 14.3 Å². The fourth-order valence-electron chi connectivity index (χ4n) is 1.69. The first-order valence-corrected chi connectivity index (χ1v) is 6.83. The van der Waals surface area contributed by atoms with Gasteiger partial charge in [0.25, 0.3) is 0 Å². The number of amides is 1. The van der Waals surface area contributed by atoms with E-state index in [4.69, 9.17) is 9.47 Å². The number of anilines is 1. The van der Waals surface area contributed by atoms with Crippen molar-refractivity contribution >= 4 is 23.4 Å². The van der Waals surface area contributed by atoms with Gasteiger partial charge in [-0.2, -0.15) is 5.10 Å². The average Bonchev–Trinajstić information content (AvgIpc) is 3.08. The van der Waals surface area contributed by atoms with Crippen molar-refractivity contribution in [2.24, 2.45) is 0 Å². The van der Waals surface area contributed by atoms with Gasteiger partial charge < -0.3 is 14.8 Å². The molecule has 20 heavy (non-hydrogen) atoms. The second-order valence-electron chi connectivity index (χ2n) is 4.11. The molecule has 1 aromatic heterocycles. The van der Waals surface area contributed by atoms with Crippen molar-refractivity contribution in [3.8, 4) is 11.5 Å². The molecule has 0 saturated carbocycles. The third-order valence-corrected chi connectivity index (χ3v) is 3.68. The van der Waals surface area contributed by atoms with Gasteiger partial charge in [-0.15, -0.1) is 0 Å². The van der Waals surface area contributed by atoms with Gasteiger partial charge in [0, 0.05) is 11.8 Å². The summed E-state index contributed by atoms with van der Waals surface area (Å²) in [7, 11) is 0. The zero-order chi connectivity index (χ0) is 13.9. The molecule has 1 atom stereocenters. The van der Waals surface area contributed by atoms with E-state index in [2.05, 4.69) is 20.5 Å². The summed E-state index contributed by atoms with van der Waals surface area (Å²) in [5.41, 5.74) is 0.671. The van der Waals surface area contributed by atoms with Crippen LogP contribution in [0, 0.1) is 0 Å². The quantitative estimate of drug-likeness (QED) is 0.833. The van der Waals surface area contributed by atoms with E-state index in [1.165, 1.54) is 18.1 Å².